The van der Waals surface area contributed by atoms with Gasteiger partial charge in [-0.05, 0) is 45.0 Å². The number of aliphatic hydroxyl groups is 1. The number of aryl methyl sites for hydroxylation is 2. The van der Waals surface area contributed by atoms with Crippen LogP contribution >= 0.6 is 0 Å². The molecule has 35 heavy (non-hydrogen) atoms. The Balaban J connectivity index is 1.58. The fourth-order valence-corrected chi connectivity index (χ4v) is 4.03. The van der Waals surface area contributed by atoms with Crippen molar-refractivity contribution in [3.8, 4) is 23.2 Å². The molecule has 2 aromatic heterocycles. The third-order valence-corrected chi connectivity index (χ3v) is 5.87. The van der Waals surface area contributed by atoms with Gasteiger partial charge in [0.1, 0.15) is 12.2 Å². The summed E-state index contributed by atoms with van der Waals surface area (Å²) >= 11 is 0. The molecule has 1 aliphatic rings. The molecule has 9 heteroatoms. The van der Waals surface area contributed by atoms with Gasteiger partial charge in [0.2, 0.25) is 11.8 Å². The van der Waals surface area contributed by atoms with Crippen LogP contribution in [0.3, 0.4) is 0 Å². The number of nitrogens with one attached hydrogen (secondary N) is 2. The maximum Gasteiger partial charge on any atom is 0.227 e. The van der Waals surface area contributed by atoms with E-state index in [9.17, 15) is 10.4 Å². The van der Waals surface area contributed by atoms with E-state index in [0.29, 0.717) is 54.1 Å². The Morgan fingerprint density at radius 2 is 2.00 bits per heavy atom. The highest BCUT2D eigenvalue weighted by Gasteiger charge is 2.18. The average molecular weight is 475 g/mol. The Bertz CT molecular complexity index is 1230. The predicted molar refractivity (Wildman–Crippen MR) is 134 cm³/mol. The molecule has 9 nitrogen and oxygen atoms in total. The summed E-state index contributed by atoms with van der Waals surface area (Å²) in [7, 11) is 0. The molecule has 1 aromatic carbocycles. The minimum atomic E-state index is -0.187. The van der Waals surface area contributed by atoms with Crippen molar-refractivity contribution in [3.05, 3.63) is 52.8 Å². The van der Waals surface area contributed by atoms with Crippen LogP contribution in [0, 0.1) is 25.2 Å². The Morgan fingerprint density at radius 3 is 2.71 bits per heavy atom. The van der Waals surface area contributed by atoms with Gasteiger partial charge in [-0.1, -0.05) is 0 Å². The number of rotatable bonds is 8. The van der Waals surface area contributed by atoms with Crippen LogP contribution in [0.1, 0.15) is 42.1 Å². The third-order valence-electron chi connectivity index (χ3n) is 5.87. The largest absolute Gasteiger partial charge is 0.474 e. The zero-order chi connectivity index (χ0) is 24.8. The minimum Gasteiger partial charge on any atom is -0.474 e. The summed E-state index contributed by atoms with van der Waals surface area (Å²) < 4.78 is 11.5. The minimum absolute atomic E-state index is 0.120. The van der Waals surface area contributed by atoms with Gasteiger partial charge in [-0.3, -0.25) is 0 Å². The van der Waals surface area contributed by atoms with Gasteiger partial charge >= 0.3 is 0 Å². The van der Waals surface area contributed by atoms with Crippen molar-refractivity contribution in [2.45, 2.75) is 46.3 Å². The molecule has 1 saturated heterocycles. The van der Waals surface area contributed by atoms with Gasteiger partial charge in [-0.25, -0.2) is 15.0 Å². The summed E-state index contributed by atoms with van der Waals surface area (Å²) in [5.41, 5.74) is 5.59. The molecule has 0 spiro atoms. The fourth-order valence-electron chi connectivity index (χ4n) is 4.03. The van der Waals surface area contributed by atoms with Crippen LogP contribution in [-0.4, -0.2) is 45.9 Å². The number of aromatic nitrogens is 3. The second-order valence-electron chi connectivity index (χ2n) is 8.42. The van der Waals surface area contributed by atoms with Crippen molar-refractivity contribution < 1.29 is 14.6 Å². The Hall–Kier alpha value is -3.74. The van der Waals surface area contributed by atoms with Crippen molar-refractivity contribution in [3.63, 3.8) is 0 Å². The lowest BCUT2D eigenvalue weighted by Gasteiger charge is -2.24. The Labute approximate surface area is 205 Å². The van der Waals surface area contributed by atoms with Gasteiger partial charge in [0.25, 0.3) is 0 Å². The molecule has 0 radical (unpaired) electrons. The standard InChI is InChI=1S/C26H30N6O3/c1-4-28-24-19(14-27)12-18(13-20(24)15-33)22-5-8-29-26(31-22)32-23-11-16(2)25(30-17(23)3)35-21-6-9-34-10-7-21/h5,8,11-13,21,28,33H,4,6-7,9-10,15H2,1-3H3,(H,29,31,32). The quantitative estimate of drug-likeness (QED) is 0.439. The SMILES string of the molecule is CCNc1c(C#N)cc(-c2ccnc(Nc3cc(C)c(OC4CCOCC4)nc3C)n2)cc1CO. The summed E-state index contributed by atoms with van der Waals surface area (Å²) in [5, 5.41) is 25.9. The molecule has 182 valence electrons. The van der Waals surface area contributed by atoms with E-state index in [1.54, 1.807) is 18.3 Å². The van der Waals surface area contributed by atoms with Crippen LogP contribution in [-0.2, 0) is 11.3 Å². The van der Waals surface area contributed by atoms with Crippen molar-refractivity contribution in [2.75, 3.05) is 30.4 Å². The van der Waals surface area contributed by atoms with Gasteiger partial charge in [0, 0.05) is 42.3 Å². The molecule has 1 fully saturated rings. The highest BCUT2D eigenvalue weighted by molar-refractivity contribution is 5.73. The average Bonchev–Trinajstić information content (AvgIpc) is 2.88. The molecule has 3 aromatic rings. The van der Waals surface area contributed by atoms with E-state index >= 15 is 0 Å². The lowest BCUT2D eigenvalue weighted by atomic mass is 10.0. The number of hydrogen-bond donors (Lipinski definition) is 3. The summed E-state index contributed by atoms with van der Waals surface area (Å²) in [6.45, 7) is 7.71. The highest BCUT2D eigenvalue weighted by Crippen LogP contribution is 2.30. The van der Waals surface area contributed by atoms with Gasteiger partial charge in [0.15, 0.2) is 0 Å². The molecular weight excluding hydrogens is 444 g/mol. The predicted octanol–water partition coefficient (Wildman–Crippen LogP) is 4.25. The van der Waals surface area contributed by atoms with E-state index in [1.165, 1.54) is 0 Å². The summed E-state index contributed by atoms with van der Waals surface area (Å²) in [4.78, 5) is 13.7. The summed E-state index contributed by atoms with van der Waals surface area (Å²) in [5.74, 6) is 1.04. The van der Waals surface area contributed by atoms with Crippen LogP contribution in [0.5, 0.6) is 5.88 Å². The molecule has 0 saturated carbocycles. The molecule has 0 atom stereocenters. The first-order valence-corrected chi connectivity index (χ1v) is 11.8. The molecule has 0 bridgehead atoms. The monoisotopic (exact) mass is 474 g/mol. The molecule has 0 aliphatic carbocycles. The maximum atomic E-state index is 9.85. The first kappa shape index (κ1) is 24.4. The summed E-state index contributed by atoms with van der Waals surface area (Å²) in [6.07, 6.45) is 3.50. The van der Waals surface area contributed by atoms with E-state index in [0.717, 1.165) is 35.3 Å². The number of pyridine rings is 1. The fraction of sp³-hybridized carbons (Fsp3) is 0.385. The summed E-state index contributed by atoms with van der Waals surface area (Å²) in [6, 6.07) is 9.57. The van der Waals surface area contributed by atoms with Gasteiger partial charge in [0.05, 0.1) is 48.1 Å². The van der Waals surface area contributed by atoms with Crippen molar-refractivity contribution in [1.29, 1.82) is 5.26 Å². The van der Waals surface area contributed by atoms with Crippen LogP contribution in [0.4, 0.5) is 17.3 Å². The molecular formula is C26H30N6O3. The highest BCUT2D eigenvalue weighted by atomic mass is 16.5. The number of ether oxygens (including phenoxy) is 2. The Kier molecular flexibility index (Phi) is 7.75. The first-order chi connectivity index (χ1) is 17.0. The first-order valence-electron chi connectivity index (χ1n) is 11.8. The van der Waals surface area contributed by atoms with Crippen LogP contribution < -0.4 is 15.4 Å². The molecule has 3 N–H and O–H groups in total. The molecule has 1 aliphatic heterocycles. The molecule has 0 unspecified atom stereocenters. The van der Waals surface area contributed by atoms with Gasteiger partial charge < -0.3 is 25.2 Å². The normalized spacial score (nSPS) is 13.8. The number of aliphatic hydroxyl groups excluding tert-OH is 1. The Morgan fingerprint density at radius 1 is 1.20 bits per heavy atom. The van der Waals surface area contributed by atoms with Gasteiger partial charge in [-0.15, -0.1) is 0 Å². The lowest BCUT2D eigenvalue weighted by molar-refractivity contribution is 0.0234. The lowest BCUT2D eigenvalue weighted by Crippen LogP contribution is -2.26. The van der Waals surface area contributed by atoms with E-state index in [4.69, 9.17) is 9.47 Å². The number of hydrogen-bond acceptors (Lipinski definition) is 9. The van der Waals surface area contributed by atoms with Crippen molar-refractivity contribution in [1.82, 2.24) is 15.0 Å². The maximum absolute atomic E-state index is 9.85. The number of benzene rings is 1. The van der Waals surface area contributed by atoms with Crippen LogP contribution in [0.2, 0.25) is 0 Å². The molecule has 4 rings (SSSR count). The van der Waals surface area contributed by atoms with E-state index in [2.05, 4.69) is 31.7 Å². The van der Waals surface area contributed by atoms with Crippen LogP contribution in [0.15, 0.2) is 30.5 Å². The smallest absolute Gasteiger partial charge is 0.227 e. The number of nitrogens with zero attached hydrogens (tertiary/aromatic N) is 4. The van der Waals surface area contributed by atoms with Crippen molar-refractivity contribution >= 4 is 17.3 Å². The van der Waals surface area contributed by atoms with E-state index in [1.807, 2.05) is 32.9 Å². The molecule has 0 amide bonds. The second kappa shape index (κ2) is 11.1. The second-order valence-corrected chi connectivity index (χ2v) is 8.42. The topological polar surface area (TPSA) is 125 Å². The van der Waals surface area contributed by atoms with Crippen molar-refractivity contribution in [2.24, 2.45) is 0 Å². The zero-order valence-corrected chi connectivity index (χ0v) is 20.3. The van der Waals surface area contributed by atoms with Gasteiger partial charge in [-0.2, -0.15) is 5.26 Å². The molecule has 3 heterocycles. The van der Waals surface area contributed by atoms with E-state index < -0.39 is 0 Å². The third kappa shape index (κ3) is 5.67. The number of nitriles is 1. The van der Waals surface area contributed by atoms with E-state index in [-0.39, 0.29) is 12.7 Å². The number of anilines is 3. The van der Waals surface area contributed by atoms with Crippen LogP contribution in [0.25, 0.3) is 11.3 Å². The zero-order valence-electron chi connectivity index (χ0n) is 20.3.